The number of aliphatic carboxylic acids is 1. The molecule has 1 saturated carbocycles. The summed E-state index contributed by atoms with van der Waals surface area (Å²) in [7, 11) is 0. The molecular formula is C26H36ClNO3. The van der Waals surface area contributed by atoms with E-state index >= 15 is 0 Å². The molecule has 1 N–H and O–H groups in total. The minimum absolute atomic E-state index is 0.0498. The molecule has 1 fully saturated rings. The zero-order valence-corrected chi connectivity index (χ0v) is 20.3. The SMILES string of the molecule is CC(C)(C)CCc1ccc([C@]2(C)CC(=O)N(CCCC(=O)O)C=C2C2(C)CC2)cc1Cl. The van der Waals surface area contributed by atoms with Crippen molar-refractivity contribution in [2.75, 3.05) is 6.54 Å². The molecule has 1 aliphatic heterocycles. The van der Waals surface area contributed by atoms with Crippen LogP contribution in [0.3, 0.4) is 0 Å². The Balaban J connectivity index is 1.89. The van der Waals surface area contributed by atoms with Crippen molar-refractivity contribution in [3.63, 3.8) is 0 Å². The van der Waals surface area contributed by atoms with E-state index in [2.05, 4.69) is 52.8 Å². The van der Waals surface area contributed by atoms with Gasteiger partial charge < -0.3 is 10.0 Å². The number of amides is 1. The first-order chi connectivity index (χ1) is 14.3. The Morgan fingerprint density at radius 1 is 1.23 bits per heavy atom. The molecule has 0 spiro atoms. The van der Waals surface area contributed by atoms with Gasteiger partial charge >= 0.3 is 5.97 Å². The van der Waals surface area contributed by atoms with Crippen molar-refractivity contribution in [1.29, 1.82) is 0 Å². The Labute approximate surface area is 191 Å². The van der Waals surface area contributed by atoms with Crippen LogP contribution in [0.1, 0.15) is 84.3 Å². The van der Waals surface area contributed by atoms with Crippen LogP contribution in [0.5, 0.6) is 0 Å². The maximum atomic E-state index is 13.0. The Hall–Kier alpha value is -1.81. The lowest BCUT2D eigenvalue weighted by Gasteiger charge is -2.42. The van der Waals surface area contributed by atoms with Gasteiger partial charge in [0.15, 0.2) is 0 Å². The maximum absolute atomic E-state index is 13.0. The molecule has 4 nitrogen and oxygen atoms in total. The number of halogens is 1. The van der Waals surface area contributed by atoms with Crippen molar-refractivity contribution in [3.05, 3.63) is 46.1 Å². The summed E-state index contributed by atoms with van der Waals surface area (Å²) in [6.07, 6.45) is 7.18. The highest BCUT2D eigenvalue weighted by Gasteiger charge is 2.52. The molecule has 1 amide bonds. The third-order valence-electron chi connectivity index (χ3n) is 6.98. The van der Waals surface area contributed by atoms with Crippen LogP contribution in [0.25, 0.3) is 0 Å². The Bertz CT molecular complexity index is 894. The number of rotatable bonds is 8. The molecule has 1 atom stereocenters. The first-order valence-corrected chi connectivity index (χ1v) is 11.7. The van der Waals surface area contributed by atoms with Gasteiger partial charge in [0, 0.05) is 36.0 Å². The predicted molar refractivity (Wildman–Crippen MR) is 125 cm³/mol. The van der Waals surface area contributed by atoms with Gasteiger partial charge in [-0.15, -0.1) is 0 Å². The van der Waals surface area contributed by atoms with Gasteiger partial charge in [0.05, 0.1) is 0 Å². The van der Waals surface area contributed by atoms with Gasteiger partial charge in [-0.2, -0.15) is 0 Å². The summed E-state index contributed by atoms with van der Waals surface area (Å²) in [4.78, 5) is 25.6. The first-order valence-electron chi connectivity index (χ1n) is 11.4. The van der Waals surface area contributed by atoms with E-state index < -0.39 is 11.4 Å². The number of carbonyl (C=O) groups excluding carboxylic acids is 1. The van der Waals surface area contributed by atoms with E-state index in [9.17, 15) is 9.59 Å². The molecule has 31 heavy (non-hydrogen) atoms. The van der Waals surface area contributed by atoms with Crippen LogP contribution in [-0.2, 0) is 21.4 Å². The van der Waals surface area contributed by atoms with Gasteiger partial charge in [-0.05, 0) is 65.7 Å². The van der Waals surface area contributed by atoms with E-state index in [1.165, 1.54) is 5.57 Å². The largest absolute Gasteiger partial charge is 0.481 e. The minimum atomic E-state index is -0.825. The van der Waals surface area contributed by atoms with Crippen molar-refractivity contribution >= 4 is 23.5 Å². The number of carboxylic acids is 1. The van der Waals surface area contributed by atoms with E-state index in [1.807, 2.05) is 6.20 Å². The highest BCUT2D eigenvalue weighted by atomic mass is 35.5. The standard InChI is InChI=1S/C26H36ClNO3/c1-24(2,3)11-10-18-8-9-19(15-20(18)27)26(5)16-22(29)28(14-6-7-23(30)31)17-21(26)25(4)12-13-25/h8-9,15,17H,6-7,10-14,16H2,1-5H3,(H,30,31)/t26-/m0/s1. The van der Waals surface area contributed by atoms with Crippen LogP contribution in [0.2, 0.25) is 5.02 Å². The van der Waals surface area contributed by atoms with Gasteiger partial charge in [-0.3, -0.25) is 9.59 Å². The fourth-order valence-corrected chi connectivity index (χ4v) is 4.87. The second-order valence-electron chi connectivity index (χ2n) is 11.1. The summed E-state index contributed by atoms with van der Waals surface area (Å²) >= 11 is 6.71. The molecule has 0 radical (unpaired) electrons. The fourth-order valence-electron chi connectivity index (χ4n) is 4.60. The van der Waals surface area contributed by atoms with Gasteiger partial charge in [-0.25, -0.2) is 0 Å². The summed E-state index contributed by atoms with van der Waals surface area (Å²) < 4.78 is 0. The lowest BCUT2D eigenvalue weighted by Crippen LogP contribution is -2.43. The minimum Gasteiger partial charge on any atom is -0.481 e. The van der Waals surface area contributed by atoms with Crippen LogP contribution >= 0.6 is 11.6 Å². The number of allylic oxidation sites excluding steroid dienone is 1. The zero-order valence-electron chi connectivity index (χ0n) is 19.6. The zero-order chi connectivity index (χ0) is 23.0. The molecule has 5 heteroatoms. The highest BCUT2D eigenvalue weighted by Crippen LogP contribution is 2.59. The van der Waals surface area contributed by atoms with Crippen molar-refractivity contribution in [2.24, 2.45) is 10.8 Å². The van der Waals surface area contributed by atoms with E-state index in [-0.39, 0.29) is 23.2 Å². The molecule has 170 valence electrons. The van der Waals surface area contributed by atoms with E-state index in [0.29, 0.717) is 19.4 Å². The Morgan fingerprint density at radius 3 is 2.45 bits per heavy atom. The molecular weight excluding hydrogens is 410 g/mol. The number of benzene rings is 1. The number of carbonyl (C=O) groups is 2. The summed E-state index contributed by atoms with van der Waals surface area (Å²) in [5.41, 5.74) is 3.48. The van der Waals surface area contributed by atoms with E-state index in [0.717, 1.165) is 41.8 Å². The number of nitrogens with zero attached hydrogens (tertiary/aromatic N) is 1. The van der Waals surface area contributed by atoms with Crippen LogP contribution in [0.4, 0.5) is 0 Å². The Kier molecular flexibility index (Phi) is 6.63. The highest BCUT2D eigenvalue weighted by molar-refractivity contribution is 6.31. The molecule has 0 aromatic heterocycles. The van der Waals surface area contributed by atoms with Gasteiger partial charge in [0.1, 0.15) is 0 Å². The lowest BCUT2D eigenvalue weighted by molar-refractivity contribution is -0.138. The average Bonchev–Trinajstić information content (AvgIpc) is 3.39. The normalized spacial score (nSPS) is 23.0. The van der Waals surface area contributed by atoms with Gasteiger partial charge in [0.25, 0.3) is 0 Å². The van der Waals surface area contributed by atoms with Crippen molar-refractivity contribution in [1.82, 2.24) is 4.90 Å². The van der Waals surface area contributed by atoms with E-state index in [1.54, 1.807) is 4.90 Å². The van der Waals surface area contributed by atoms with Crippen LogP contribution < -0.4 is 0 Å². The van der Waals surface area contributed by atoms with Crippen LogP contribution in [0.15, 0.2) is 30.0 Å². The third-order valence-corrected chi connectivity index (χ3v) is 7.33. The van der Waals surface area contributed by atoms with Crippen molar-refractivity contribution in [3.8, 4) is 0 Å². The number of hydrogen-bond donors (Lipinski definition) is 1. The molecule has 1 aromatic rings. The molecule has 1 heterocycles. The number of hydrogen-bond acceptors (Lipinski definition) is 2. The first kappa shape index (κ1) is 23.8. The molecule has 3 rings (SSSR count). The summed E-state index contributed by atoms with van der Waals surface area (Å²) in [5, 5.41) is 9.71. The van der Waals surface area contributed by atoms with Gasteiger partial charge in [-0.1, -0.05) is 58.4 Å². The predicted octanol–water partition coefficient (Wildman–Crippen LogP) is 6.36. The molecule has 2 aliphatic rings. The summed E-state index contributed by atoms with van der Waals surface area (Å²) in [6.45, 7) is 11.6. The monoisotopic (exact) mass is 445 g/mol. The summed E-state index contributed by atoms with van der Waals surface area (Å²) in [6, 6.07) is 6.34. The lowest BCUT2D eigenvalue weighted by atomic mass is 9.66. The van der Waals surface area contributed by atoms with Gasteiger partial charge in [0.2, 0.25) is 5.91 Å². The molecule has 0 unspecified atom stereocenters. The summed E-state index contributed by atoms with van der Waals surface area (Å²) in [5.74, 6) is -0.775. The topological polar surface area (TPSA) is 57.6 Å². The molecule has 0 saturated heterocycles. The average molecular weight is 446 g/mol. The number of aryl methyl sites for hydroxylation is 1. The van der Waals surface area contributed by atoms with Crippen LogP contribution in [0, 0.1) is 10.8 Å². The number of carboxylic acid groups (broad SMARTS) is 1. The van der Waals surface area contributed by atoms with Crippen molar-refractivity contribution in [2.45, 2.75) is 85.0 Å². The quantitative estimate of drug-likeness (QED) is 0.506. The third kappa shape index (κ3) is 5.52. The smallest absolute Gasteiger partial charge is 0.303 e. The molecule has 1 aliphatic carbocycles. The molecule has 1 aromatic carbocycles. The second-order valence-corrected chi connectivity index (χ2v) is 11.5. The fraction of sp³-hybridized carbons (Fsp3) is 0.615. The second kappa shape index (κ2) is 8.61. The maximum Gasteiger partial charge on any atom is 0.303 e. The Morgan fingerprint density at radius 2 is 1.90 bits per heavy atom. The van der Waals surface area contributed by atoms with E-state index in [4.69, 9.17) is 16.7 Å². The van der Waals surface area contributed by atoms with Crippen molar-refractivity contribution < 1.29 is 14.7 Å². The molecule has 0 bridgehead atoms. The van der Waals surface area contributed by atoms with Crippen LogP contribution in [-0.4, -0.2) is 28.4 Å².